The molecule has 0 spiro atoms. The van der Waals surface area contributed by atoms with Gasteiger partial charge < -0.3 is 11.1 Å². The predicted molar refractivity (Wildman–Crippen MR) is 72.2 cm³/mol. The highest BCUT2D eigenvalue weighted by Crippen LogP contribution is 2.45. The number of carbonyl (C=O) groups is 3. The molecule has 6 heteroatoms. The van der Waals surface area contributed by atoms with E-state index in [1.807, 2.05) is 0 Å². The molecular weight excluding hydrogens is 258 g/mol. The number of hydrogen-bond acceptors (Lipinski definition) is 4. The maximum absolute atomic E-state index is 12.1. The van der Waals surface area contributed by atoms with E-state index >= 15 is 0 Å². The van der Waals surface area contributed by atoms with Gasteiger partial charge in [0.05, 0.1) is 16.5 Å². The standard InChI is InChI=1S/C14H15N3O3/c1-17-11(18)9-3-2-8(6-10(9)12(17)19)16-13(20)14(7-15)4-5-14/h2-3,6H,4-5,7,15H2,1H3,(H,16,20). The van der Waals surface area contributed by atoms with Crippen molar-refractivity contribution in [3.8, 4) is 0 Å². The maximum Gasteiger partial charge on any atom is 0.261 e. The summed E-state index contributed by atoms with van der Waals surface area (Å²) in [6.07, 6.45) is 1.58. The Bertz CT molecular complexity index is 635. The lowest BCUT2D eigenvalue weighted by atomic mass is 10.1. The van der Waals surface area contributed by atoms with Crippen LogP contribution in [-0.4, -0.2) is 36.2 Å². The van der Waals surface area contributed by atoms with Crippen molar-refractivity contribution >= 4 is 23.4 Å². The number of nitrogens with one attached hydrogen (secondary N) is 1. The Hall–Kier alpha value is -2.21. The summed E-state index contributed by atoms with van der Waals surface area (Å²) in [5, 5.41) is 2.77. The van der Waals surface area contributed by atoms with Crippen molar-refractivity contribution in [1.82, 2.24) is 4.90 Å². The molecule has 0 bridgehead atoms. The van der Waals surface area contributed by atoms with Gasteiger partial charge in [0.1, 0.15) is 0 Å². The number of amides is 3. The van der Waals surface area contributed by atoms with Crippen LogP contribution in [0.2, 0.25) is 0 Å². The van der Waals surface area contributed by atoms with E-state index in [0.29, 0.717) is 23.4 Å². The fraction of sp³-hybridized carbons (Fsp3) is 0.357. The summed E-state index contributed by atoms with van der Waals surface area (Å²) in [5.41, 5.74) is 6.37. The van der Waals surface area contributed by atoms with Crippen molar-refractivity contribution in [3.63, 3.8) is 0 Å². The van der Waals surface area contributed by atoms with Crippen molar-refractivity contribution in [2.24, 2.45) is 11.1 Å². The third-order valence-corrected chi connectivity index (χ3v) is 4.07. The number of nitrogens with two attached hydrogens (primary N) is 1. The minimum absolute atomic E-state index is 0.120. The molecule has 1 aromatic rings. The van der Waals surface area contributed by atoms with Gasteiger partial charge >= 0.3 is 0 Å². The molecule has 1 heterocycles. The first-order chi connectivity index (χ1) is 9.48. The van der Waals surface area contributed by atoms with Crippen molar-refractivity contribution in [2.45, 2.75) is 12.8 Å². The number of fused-ring (bicyclic) bond motifs is 1. The summed E-state index contributed by atoms with van der Waals surface area (Å²) < 4.78 is 0. The van der Waals surface area contributed by atoms with Crippen molar-refractivity contribution in [1.29, 1.82) is 0 Å². The molecule has 3 N–H and O–H groups in total. The van der Waals surface area contributed by atoms with Gasteiger partial charge in [-0.15, -0.1) is 0 Å². The zero-order chi connectivity index (χ0) is 14.5. The number of imide groups is 1. The lowest BCUT2D eigenvalue weighted by molar-refractivity contribution is -0.120. The molecule has 0 saturated heterocycles. The van der Waals surface area contributed by atoms with Gasteiger partial charge in [-0.1, -0.05) is 0 Å². The Morgan fingerprint density at radius 2 is 1.95 bits per heavy atom. The fourth-order valence-corrected chi connectivity index (χ4v) is 2.38. The van der Waals surface area contributed by atoms with Crippen LogP contribution in [0.25, 0.3) is 0 Å². The second kappa shape index (κ2) is 4.14. The van der Waals surface area contributed by atoms with Crippen LogP contribution in [0.1, 0.15) is 33.6 Å². The summed E-state index contributed by atoms with van der Waals surface area (Å²) >= 11 is 0. The van der Waals surface area contributed by atoms with Crippen LogP contribution in [-0.2, 0) is 4.79 Å². The molecule has 0 unspecified atom stereocenters. The lowest BCUT2D eigenvalue weighted by Crippen LogP contribution is -2.30. The second-order valence-corrected chi connectivity index (χ2v) is 5.37. The van der Waals surface area contributed by atoms with Crippen LogP contribution >= 0.6 is 0 Å². The zero-order valence-electron chi connectivity index (χ0n) is 11.1. The van der Waals surface area contributed by atoms with E-state index in [2.05, 4.69) is 5.32 Å². The highest BCUT2D eigenvalue weighted by atomic mass is 16.2. The summed E-state index contributed by atoms with van der Waals surface area (Å²) in [6, 6.07) is 4.74. The van der Waals surface area contributed by atoms with E-state index in [4.69, 9.17) is 5.73 Å². The minimum atomic E-state index is -0.449. The minimum Gasteiger partial charge on any atom is -0.329 e. The van der Waals surface area contributed by atoms with Crippen LogP contribution in [0.3, 0.4) is 0 Å². The molecule has 1 saturated carbocycles. The molecule has 1 aliphatic heterocycles. The smallest absolute Gasteiger partial charge is 0.261 e. The van der Waals surface area contributed by atoms with Crippen LogP contribution in [0.5, 0.6) is 0 Å². The molecule has 0 atom stereocenters. The van der Waals surface area contributed by atoms with Gasteiger partial charge in [-0.2, -0.15) is 0 Å². The molecular formula is C14H15N3O3. The fourth-order valence-electron chi connectivity index (χ4n) is 2.38. The average molecular weight is 273 g/mol. The number of hydrogen-bond donors (Lipinski definition) is 2. The topological polar surface area (TPSA) is 92.5 Å². The quantitative estimate of drug-likeness (QED) is 0.788. The van der Waals surface area contributed by atoms with Gasteiger partial charge in [0, 0.05) is 19.3 Å². The van der Waals surface area contributed by atoms with Crippen LogP contribution in [0.15, 0.2) is 18.2 Å². The van der Waals surface area contributed by atoms with Crippen LogP contribution < -0.4 is 11.1 Å². The van der Waals surface area contributed by atoms with Crippen molar-refractivity contribution in [2.75, 3.05) is 18.9 Å². The first kappa shape index (κ1) is 12.8. The van der Waals surface area contributed by atoms with Crippen molar-refractivity contribution < 1.29 is 14.4 Å². The molecule has 1 fully saturated rings. The number of carbonyl (C=O) groups excluding carboxylic acids is 3. The van der Waals surface area contributed by atoms with E-state index < -0.39 is 5.41 Å². The molecule has 3 rings (SSSR count). The Kier molecular flexibility index (Phi) is 2.65. The third kappa shape index (κ3) is 1.72. The van der Waals surface area contributed by atoms with Crippen LogP contribution in [0.4, 0.5) is 5.69 Å². The second-order valence-electron chi connectivity index (χ2n) is 5.37. The normalized spacial score (nSPS) is 19.0. The molecule has 1 aromatic carbocycles. The van der Waals surface area contributed by atoms with E-state index in [1.54, 1.807) is 18.2 Å². The SMILES string of the molecule is CN1C(=O)c2ccc(NC(=O)C3(CN)CC3)cc2C1=O. The van der Waals surface area contributed by atoms with E-state index in [0.717, 1.165) is 17.7 Å². The molecule has 1 aliphatic carbocycles. The lowest BCUT2D eigenvalue weighted by Gasteiger charge is -2.13. The van der Waals surface area contributed by atoms with E-state index in [-0.39, 0.29) is 17.7 Å². The molecule has 0 aromatic heterocycles. The summed E-state index contributed by atoms with van der Waals surface area (Å²) in [6.45, 7) is 0.323. The monoisotopic (exact) mass is 273 g/mol. The number of nitrogens with zero attached hydrogens (tertiary/aromatic N) is 1. The number of anilines is 1. The largest absolute Gasteiger partial charge is 0.329 e. The first-order valence-electron chi connectivity index (χ1n) is 6.46. The third-order valence-electron chi connectivity index (χ3n) is 4.07. The average Bonchev–Trinajstić information content (AvgIpc) is 3.22. The number of rotatable bonds is 3. The Morgan fingerprint density at radius 3 is 2.55 bits per heavy atom. The summed E-state index contributed by atoms with van der Waals surface area (Å²) in [5.74, 6) is -0.783. The molecule has 0 radical (unpaired) electrons. The highest BCUT2D eigenvalue weighted by Gasteiger charge is 2.48. The van der Waals surface area contributed by atoms with Gasteiger partial charge in [-0.3, -0.25) is 19.3 Å². The Labute approximate surface area is 115 Å². The number of benzene rings is 1. The molecule has 104 valence electrons. The van der Waals surface area contributed by atoms with E-state index in [9.17, 15) is 14.4 Å². The Balaban J connectivity index is 1.86. The molecule has 20 heavy (non-hydrogen) atoms. The van der Waals surface area contributed by atoms with Gasteiger partial charge in [0.15, 0.2) is 0 Å². The maximum atomic E-state index is 12.1. The van der Waals surface area contributed by atoms with Gasteiger partial charge in [-0.05, 0) is 31.0 Å². The van der Waals surface area contributed by atoms with Crippen LogP contribution in [0, 0.1) is 5.41 Å². The Morgan fingerprint density at radius 1 is 1.30 bits per heavy atom. The summed E-state index contributed by atoms with van der Waals surface area (Å²) in [4.78, 5) is 36.8. The van der Waals surface area contributed by atoms with Gasteiger partial charge in [0.2, 0.25) is 5.91 Å². The van der Waals surface area contributed by atoms with E-state index in [1.165, 1.54) is 7.05 Å². The highest BCUT2D eigenvalue weighted by molar-refractivity contribution is 6.21. The molecule has 2 aliphatic rings. The predicted octanol–water partition coefficient (Wildman–Crippen LogP) is 0.590. The first-order valence-corrected chi connectivity index (χ1v) is 6.46. The van der Waals surface area contributed by atoms with Crippen molar-refractivity contribution in [3.05, 3.63) is 29.3 Å². The molecule has 3 amide bonds. The summed E-state index contributed by atoms with van der Waals surface area (Å²) in [7, 11) is 1.44. The van der Waals surface area contributed by atoms with Gasteiger partial charge in [-0.25, -0.2) is 0 Å². The van der Waals surface area contributed by atoms with Gasteiger partial charge in [0.25, 0.3) is 11.8 Å². The molecule has 6 nitrogen and oxygen atoms in total. The zero-order valence-corrected chi connectivity index (χ0v) is 11.1.